The summed E-state index contributed by atoms with van der Waals surface area (Å²) in [7, 11) is 1.94. The van der Waals surface area contributed by atoms with Gasteiger partial charge in [-0.15, -0.1) is 0 Å². The maximum absolute atomic E-state index is 13.6. The van der Waals surface area contributed by atoms with Gasteiger partial charge < -0.3 is 14.6 Å². The smallest absolute Gasteiger partial charge is 0.313 e. The van der Waals surface area contributed by atoms with E-state index < -0.39 is 17.9 Å². The van der Waals surface area contributed by atoms with Crippen molar-refractivity contribution in [2.24, 2.45) is 7.05 Å². The first-order chi connectivity index (χ1) is 15.1. The van der Waals surface area contributed by atoms with Crippen molar-refractivity contribution in [2.45, 2.75) is 18.5 Å². The van der Waals surface area contributed by atoms with E-state index in [9.17, 15) is 14.7 Å². The van der Waals surface area contributed by atoms with Gasteiger partial charge in [-0.2, -0.15) is 0 Å². The number of aryl methyl sites for hydroxylation is 1. The Morgan fingerprint density at radius 2 is 1.81 bits per heavy atom. The lowest BCUT2D eigenvalue weighted by atomic mass is 9.79. The van der Waals surface area contributed by atoms with E-state index in [0.29, 0.717) is 11.1 Å². The summed E-state index contributed by atoms with van der Waals surface area (Å²) in [5.74, 6) is -2.00. The third kappa shape index (κ3) is 3.08. The van der Waals surface area contributed by atoms with Crippen LogP contribution in [0, 0.1) is 0 Å². The Labute approximate surface area is 179 Å². The summed E-state index contributed by atoms with van der Waals surface area (Å²) in [5, 5.41) is 11.3. The van der Waals surface area contributed by atoms with Crippen LogP contribution in [0.5, 0.6) is 0 Å². The maximum Gasteiger partial charge on any atom is 0.313 e. The Kier molecular flexibility index (Phi) is 4.55. The second kappa shape index (κ2) is 7.40. The van der Waals surface area contributed by atoms with Crippen LogP contribution < -0.4 is 0 Å². The monoisotopic (exact) mass is 411 g/mol. The van der Waals surface area contributed by atoms with Crippen LogP contribution in [0.1, 0.15) is 39.0 Å². The standard InChI is InChI=1S/C25H21N3O3/c1-27-15-20(17-8-4-5-11-21(17)27)23-22(25(30)31)18-9-2-3-10-19(18)24(29)28(23)14-16-7-6-12-26-13-16/h2-13,15,22-23H,14H2,1H3,(H,30,31). The lowest BCUT2D eigenvalue weighted by Gasteiger charge is -2.40. The summed E-state index contributed by atoms with van der Waals surface area (Å²) >= 11 is 0. The number of para-hydroxylation sites is 1. The van der Waals surface area contributed by atoms with Crippen LogP contribution in [0.3, 0.4) is 0 Å². The highest BCUT2D eigenvalue weighted by Crippen LogP contribution is 2.45. The van der Waals surface area contributed by atoms with E-state index in [0.717, 1.165) is 22.0 Å². The molecule has 4 aromatic rings. The van der Waals surface area contributed by atoms with Crippen LogP contribution in [-0.2, 0) is 18.4 Å². The summed E-state index contributed by atoms with van der Waals surface area (Å²) in [5.41, 5.74) is 3.67. The lowest BCUT2D eigenvalue weighted by Crippen LogP contribution is -2.44. The highest BCUT2D eigenvalue weighted by molar-refractivity contribution is 6.01. The third-order valence-corrected chi connectivity index (χ3v) is 6.03. The first-order valence-corrected chi connectivity index (χ1v) is 10.1. The molecule has 1 amide bonds. The molecule has 5 rings (SSSR count). The van der Waals surface area contributed by atoms with E-state index in [1.165, 1.54) is 0 Å². The number of hydrogen-bond acceptors (Lipinski definition) is 3. The van der Waals surface area contributed by atoms with Gasteiger partial charge in [0, 0.05) is 54.2 Å². The number of amides is 1. The van der Waals surface area contributed by atoms with Crippen LogP contribution in [0.15, 0.2) is 79.3 Å². The van der Waals surface area contributed by atoms with Crippen LogP contribution in [-0.4, -0.2) is 31.4 Å². The van der Waals surface area contributed by atoms with Crippen LogP contribution >= 0.6 is 0 Å². The Balaban J connectivity index is 1.76. The molecule has 0 spiro atoms. The zero-order valence-corrected chi connectivity index (χ0v) is 17.0. The predicted octanol–water partition coefficient (Wildman–Crippen LogP) is 4.14. The number of aromatic nitrogens is 2. The molecular weight excluding hydrogens is 390 g/mol. The highest BCUT2D eigenvalue weighted by atomic mass is 16.4. The molecule has 3 heterocycles. The molecule has 2 aromatic carbocycles. The van der Waals surface area contributed by atoms with Crippen molar-refractivity contribution in [2.75, 3.05) is 0 Å². The van der Waals surface area contributed by atoms with E-state index in [2.05, 4.69) is 4.98 Å². The molecule has 6 nitrogen and oxygen atoms in total. The molecule has 0 aliphatic carbocycles. The zero-order chi connectivity index (χ0) is 21.5. The summed E-state index contributed by atoms with van der Waals surface area (Å²) in [6.07, 6.45) is 5.34. The number of carboxylic acid groups (broad SMARTS) is 1. The van der Waals surface area contributed by atoms with Gasteiger partial charge in [0.25, 0.3) is 5.91 Å². The van der Waals surface area contributed by atoms with Gasteiger partial charge in [-0.3, -0.25) is 14.6 Å². The van der Waals surface area contributed by atoms with Crippen LogP contribution in [0.25, 0.3) is 10.9 Å². The number of carbonyl (C=O) groups excluding carboxylic acids is 1. The average molecular weight is 411 g/mol. The zero-order valence-electron chi connectivity index (χ0n) is 17.0. The molecule has 6 heteroatoms. The average Bonchev–Trinajstić information content (AvgIpc) is 3.12. The van der Waals surface area contributed by atoms with Crippen molar-refractivity contribution < 1.29 is 14.7 Å². The van der Waals surface area contributed by atoms with E-state index in [4.69, 9.17) is 0 Å². The minimum atomic E-state index is -0.950. The van der Waals surface area contributed by atoms with Gasteiger partial charge in [-0.1, -0.05) is 42.5 Å². The number of fused-ring (bicyclic) bond motifs is 2. The number of carboxylic acids is 1. The fraction of sp³-hybridized carbons (Fsp3) is 0.160. The number of aliphatic carboxylic acids is 1. The van der Waals surface area contributed by atoms with Crippen LogP contribution in [0.2, 0.25) is 0 Å². The first-order valence-electron chi connectivity index (χ1n) is 10.1. The molecule has 0 bridgehead atoms. The Bertz CT molecular complexity index is 1300. The molecular formula is C25H21N3O3. The third-order valence-electron chi connectivity index (χ3n) is 6.03. The summed E-state index contributed by atoms with van der Waals surface area (Å²) in [4.78, 5) is 32.1. The van der Waals surface area contributed by atoms with Gasteiger partial charge in [0.15, 0.2) is 0 Å². The molecule has 1 N–H and O–H groups in total. The Morgan fingerprint density at radius 3 is 2.58 bits per heavy atom. The molecule has 154 valence electrons. The molecule has 2 aromatic heterocycles. The highest BCUT2D eigenvalue weighted by Gasteiger charge is 2.45. The fourth-order valence-corrected chi connectivity index (χ4v) is 4.68. The van der Waals surface area contributed by atoms with Crippen molar-refractivity contribution in [3.8, 4) is 0 Å². The minimum Gasteiger partial charge on any atom is -0.481 e. The normalized spacial score (nSPS) is 18.2. The van der Waals surface area contributed by atoms with Gasteiger partial charge in [-0.25, -0.2) is 0 Å². The fourth-order valence-electron chi connectivity index (χ4n) is 4.68. The number of nitrogens with zero attached hydrogens (tertiary/aromatic N) is 3. The molecule has 0 fully saturated rings. The Morgan fingerprint density at radius 1 is 1.03 bits per heavy atom. The van der Waals surface area contributed by atoms with Gasteiger partial charge in [0.05, 0.1) is 6.04 Å². The largest absolute Gasteiger partial charge is 0.481 e. The summed E-state index contributed by atoms with van der Waals surface area (Å²) in [6.45, 7) is 0.276. The van der Waals surface area contributed by atoms with E-state index in [-0.39, 0.29) is 12.5 Å². The van der Waals surface area contributed by atoms with E-state index in [1.54, 1.807) is 41.6 Å². The SMILES string of the molecule is Cn1cc(C2C(C(=O)O)c3ccccc3C(=O)N2Cc2cccnc2)c2ccccc21. The van der Waals surface area contributed by atoms with Crippen molar-refractivity contribution in [1.29, 1.82) is 0 Å². The van der Waals surface area contributed by atoms with E-state index >= 15 is 0 Å². The van der Waals surface area contributed by atoms with Gasteiger partial charge in [-0.05, 0) is 29.3 Å². The molecule has 0 saturated carbocycles. The van der Waals surface area contributed by atoms with Gasteiger partial charge in [0.1, 0.15) is 5.92 Å². The molecule has 2 unspecified atom stereocenters. The number of carbonyl (C=O) groups is 2. The van der Waals surface area contributed by atoms with E-state index in [1.807, 2.05) is 54.2 Å². The molecule has 31 heavy (non-hydrogen) atoms. The molecule has 1 aliphatic heterocycles. The van der Waals surface area contributed by atoms with Crippen LogP contribution in [0.4, 0.5) is 0 Å². The maximum atomic E-state index is 13.6. The second-order valence-corrected chi connectivity index (χ2v) is 7.85. The number of hydrogen-bond donors (Lipinski definition) is 1. The predicted molar refractivity (Wildman–Crippen MR) is 117 cm³/mol. The van der Waals surface area contributed by atoms with Crippen molar-refractivity contribution in [3.05, 3.63) is 102 Å². The molecule has 0 radical (unpaired) electrons. The summed E-state index contributed by atoms with van der Waals surface area (Å²) < 4.78 is 1.98. The van der Waals surface area contributed by atoms with Gasteiger partial charge >= 0.3 is 5.97 Å². The lowest BCUT2D eigenvalue weighted by molar-refractivity contribution is -0.140. The number of pyridine rings is 1. The minimum absolute atomic E-state index is 0.171. The number of rotatable bonds is 4. The second-order valence-electron chi connectivity index (χ2n) is 7.85. The quantitative estimate of drug-likeness (QED) is 0.548. The first kappa shape index (κ1) is 19.1. The molecule has 2 atom stereocenters. The topological polar surface area (TPSA) is 75.4 Å². The van der Waals surface area contributed by atoms with Crippen molar-refractivity contribution in [3.63, 3.8) is 0 Å². The molecule has 1 aliphatic rings. The van der Waals surface area contributed by atoms with Gasteiger partial charge in [0.2, 0.25) is 0 Å². The van der Waals surface area contributed by atoms with Crippen molar-refractivity contribution in [1.82, 2.24) is 14.5 Å². The summed E-state index contributed by atoms with van der Waals surface area (Å²) in [6, 6.07) is 18.0. The Hall–Kier alpha value is -3.93. The molecule has 0 saturated heterocycles. The number of benzene rings is 2. The van der Waals surface area contributed by atoms with Crippen molar-refractivity contribution >= 4 is 22.8 Å².